The van der Waals surface area contributed by atoms with Gasteiger partial charge < -0.3 is 5.11 Å². The highest BCUT2D eigenvalue weighted by Gasteiger charge is 2.31. The Kier molecular flexibility index (Phi) is 4.27. The van der Waals surface area contributed by atoms with E-state index in [0.29, 0.717) is 18.0 Å². The Hall–Kier alpha value is -1.75. The van der Waals surface area contributed by atoms with E-state index >= 15 is 0 Å². The fourth-order valence-corrected chi connectivity index (χ4v) is 2.91. The molecule has 1 amide bonds. The molecule has 0 saturated carbocycles. The summed E-state index contributed by atoms with van der Waals surface area (Å²) in [4.78, 5) is 18.8. The van der Waals surface area contributed by atoms with Gasteiger partial charge in [0.15, 0.2) is 5.17 Å². The molecule has 0 aliphatic carbocycles. The van der Waals surface area contributed by atoms with E-state index in [1.165, 1.54) is 11.8 Å². The molecular formula is C14H16N2O2S. The number of aromatic hydroxyl groups is 1. The number of aliphatic imine (C=N–C) groups is 1. The van der Waals surface area contributed by atoms with E-state index in [1.807, 2.05) is 19.9 Å². The van der Waals surface area contributed by atoms with Crippen molar-refractivity contribution in [3.63, 3.8) is 0 Å². The van der Waals surface area contributed by atoms with Crippen LogP contribution in [0.15, 0.2) is 34.2 Å². The molecule has 4 nitrogen and oxygen atoms in total. The van der Waals surface area contributed by atoms with Crippen LogP contribution in [0, 0.1) is 0 Å². The molecule has 100 valence electrons. The number of amides is 1. The van der Waals surface area contributed by atoms with Crippen molar-refractivity contribution in [3.8, 4) is 5.75 Å². The van der Waals surface area contributed by atoms with Crippen LogP contribution in [0.2, 0.25) is 0 Å². The third kappa shape index (κ3) is 2.98. The maximum absolute atomic E-state index is 12.2. The summed E-state index contributed by atoms with van der Waals surface area (Å²) < 4.78 is 0. The van der Waals surface area contributed by atoms with E-state index in [4.69, 9.17) is 0 Å². The molecule has 1 heterocycles. The third-order valence-electron chi connectivity index (χ3n) is 2.67. The number of carbonyl (C=O) groups is 1. The van der Waals surface area contributed by atoms with Crippen LogP contribution in [0.4, 0.5) is 0 Å². The summed E-state index contributed by atoms with van der Waals surface area (Å²) in [5, 5.41) is 10.2. The highest BCUT2D eigenvalue weighted by Crippen LogP contribution is 2.32. The monoisotopic (exact) mass is 276 g/mol. The van der Waals surface area contributed by atoms with Crippen molar-refractivity contribution in [3.05, 3.63) is 34.7 Å². The summed E-state index contributed by atoms with van der Waals surface area (Å²) in [5.41, 5.74) is 0.810. The Morgan fingerprint density at radius 3 is 2.84 bits per heavy atom. The van der Waals surface area contributed by atoms with Crippen LogP contribution in [-0.2, 0) is 4.79 Å². The van der Waals surface area contributed by atoms with Gasteiger partial charge in [-0.2, -0.15) is 0 Å². The van der Waals surface area contributed by atoms with Crippen LogP contribution in [0.25, 0.3) is 6.08 Å². The predicted octanol–water partition coefficient (Wildman–Crippen LogP) is 2.70. The zero-order valence-electron chi connectivity index (χ0n) is 11.0. The minimum atomic E-state index is -0.0250. The van der Waals surface area contributed by atoms with Gasteiger partial charge in [0.1, 0.15) is 5.75 Å². The van der Waals surface area contributed by atoms with Crippen molar-refractivity contribution in [2.24, 2.45) is 4.99 Å². The maximum Gasteiger partial charge on any atom is 0.266 e. The molecule has 0 atom stereocenters. The van der Waals surface area contributed by atoms with E-state index in [2.05, 4.69) is 4.99 Å². The fourth-order valence-electron chi connectivity index (χ4n) is 1.81. The Morgan fingerprint density at radius 1 is 1.42 bits per heavy atom. The lowest BCUT2D eigenvalue weighted by Gasteiger charge is -2.11. The van der Waals surface area contributed by atoms with Gasteiger partial charge >= 0.3 is 0 Å². The molecule has 1 fully saturated rings. The van der Waals surface area contributed by atoms with Gasteiger partial charge in [-0.3, -0.25) is 14.7 Å². The number of rotatable bonds is 3. The lowest BCUT2D eigenvalue weighted by molar-refractivity contribution is -0.122. The lowest BCUT2D eigenvalue weighted by Crippen LogP contribution is -2.28. The highest BCUT2D eigenvalue weighted by molar-refractivity contribution is 8.18. The first-order valence-electron chi connectivity index (χ1n) is 6.20. The van der Waals surface area contributed by atoms with Crippen molar-refractivity contribution in [1.29, 1.82) is 0 Å². The molecule has 0 spiro atoms. The summed E-state index contributed by atoms with van der Waals surface area (Å²) in [6, 6.07) is 6.84. The molecule has 1 N–H and O–H groups in total. The van der Waals surface area contributed by atoms with Crippen molar-refractivity contribution in [1.82, 2.24) is 4.90 Å². The van der Waals surface area contributed by atoms with Gasteiger partial charge in [0.25, 0.3) is 5.91 Å². The first-order valence-corrected chi connectivity index (χ1v) is 7.02. The largest absolute Gasteiger partial charge is 0.508 e. The molecule has 1 aromatic rings. The van der Waals surface area contributed by atoms with Gasteiger partial charge in [-0.25, -0.2) is 0 Å². The molecule has 1 aromatic carbocycles. The summed E-state index contributed by atoms with van der Waals surface area (Å²) in [5.74, 6) is 0.169. The second-order valence-corrected chi connectivity index (χ2v) is 5.02. The number of thioether (sulfide) groups is 1. The van der Waals surface area contributed by atoms with E-state index in [0.717, 1.165) is 10.7 Å². The molecular weight excluding hydrogens is 260 g/mol. The standard InChI is InChI=1S/C14H16N2O2S/c1-3-15-14-16(4-2)13(18)12(19-14)9-10-6-5-7-11(17)8-10/h5-9,17H,3-4H2,1-2H3/b12-9-,15-14?. The van der Waals surface area contributed by atoms with Gasteiger partial charge in [-0.15, -0.1) is 0 Å². The van der Waals surface area contributed by atoms with Crippen LogP contribution in [0.3, 0.4) is 0 Å². The predicted molar refractivity (Wildman–Crippen MR) is 79.0 cm³/mol. The number of phenolic OH excluding ortho intramolecular Hbond substituents is 1. The normalized spacial score (nSPS) is 19.7. The summed E-state index contributed by atoms with van der Waals surface area (Å²) in [6.45, 7) is 5.15. The number of phenols is 1. The van der Waals surface area contributed by atoms with E-state index < -0.39 is 0 Å². The van der Waals surface area contributed by atoms with Gasteiger partial charge in [0.05, 0.1) is 4.91 Å². The van der Waals surface area contributed by atoms with Crippen LogP contribution in [0.1, 0.15) is 19.4 Å². The topological polar surface area (TPSA) is 52.9 Å². The van der Waals surface area contributed by atoms with E-state index in [1.54, 1.807) is 29.2 Å². The Balaban J connectivity index is 2.31. The number of hydrogen-bond acceptors (Lipinski definition) is 4. The first kappa shape index (κ1) is 13.7. The summed E-state index contributed by atoms with van der Waals surface area (Å²) >= 11 is 1.38. The average molecular weight is 276 g/mol. The second kappa shape index (κ2) is 5.93. The summed E-state index contributed by atoms with van der Waals surface area (Å²) in [6.07, 6.45) is 1.79. The molecule has 2 rings (SSSR count). The Morgan fingerprint density at radius 2 is 2.21 bits per heavy atom. The Labute approximate surface area is 116 Å². The third-order valence-corrected chi connectivity index (χ3v) is 3.71. The smallest absolute Gasteiger partial charge is 0.266 e. The molecule has 0 bridgehead atoms. The van der Waals surface area contributed by atoms with Crippen LogP contribution >= 0.6 is 11.8 Å². The SMILES string of the molecule is CCN=C1S/C(=C\c2cccc(O)c2)C(=O)N1CC. The first-order chi connectivity index (χ1) is 9.15. The maximum atomic E-state index is 12.2. The van der Waals surface area contributed by atoms with E-state index in [-0.39, 0.29) is 11.7 Å². The number of carbonyl (C=O) groups excluding carboxylic acids is 1. The molecule has 1 aliphatic rings. The highest BCUT2D eigenvalue weighted by atomic mass is 32.2. The molecule has 0 aromatic heterocycles. The zero-order valence-corrected chi connectivity index (χ0v) is 11.8. The average Bonchev–Trinajstić information content (AvgIpc) is 2.66. The number of likely N-dealkylation sites (N-methyl/N-ethyl adjacent to an activating group) is 1. The molecule has 1 saturated heterocycles. The molecule has 5 heteroatoms. The summed E-state index contributed by atoms with van der Waals surface area (Å²) in [7, 11) is 0. The number of nitrogens with zero attached hydrogens (tertiary/aromatic N) is 2. The van der Waals surface area contributed by atoms with Crippen molar-refractivity contribution < 1.29 is 9.90 Å². The molecule has 0 radical (unpaired) electrons. The fraction of sp³-hybridized carbons (Fsp3) is 0.286. The van der Waals surface area contributed by atoms with Gasteiger partial charge in [0.2, 0.25) is 0 Å². The van der Waals surface area contributed by atoms with Crippen LogP contribution in [-0.4, -0.2) is 34.2 Å². The molecule has 19 heavy (non-hydrogen) atoms. The zero-order chi connectivity index (χ0) is 13.8. The van der Waals surface area contributed by atoms with Crippen molar-refractivity contribution >= 4 is 28.9 Å². The number of amidine groups is 1. The van der Waals surface area contributed by atoms with Gasteiger partial charge in [-0.1, -0.05) is 12.1 Å². The van der Waals surface area contributed by atoms with Crippen LogP contribution < -0.4 is 0 Å². The minimum absolute atomic E-state index is 0.0250. The van der Waals surface area contributed by atoms with Gasteiger partial charge in [0, 0.05) is 13.1 Å². The van der Waals surface area contributed by atoms with E-state index in [9.17, 15) is 9.90 Å². The Bertz CT molecular complexity index is 552. The van der Waals surface area contributed by atoms with Crippen molar-refractivity contribution in [2.75, 3.05) is 13.1 Å². The van der Waals surface area contributed by atoms with Crippen molar-refractivity contribution in [2.45, 2.75) is 13.8 Å². The number of hydrogen-bond donors (Lipinski definition) is 1. The molecule has 0 unspecified atom stereocenters. The lowest BCUT2D eigenvalue weighted by atomic mass is 10.2. The number of benzene rings is 1. The molecule has 1 aliphatic heterocycles. The quantitative estimate of drug-likeness (QED) is 0.864. The second-order valence-electron chi connectivity index (χ2n) is 4.01. The van der Waals surface area contributed by atoms with Gasteiger partial charge in [-0.05, 0) is 49.4 Å². The van der Waals surface area contributed by atoms with Crippen LogP contribution in [0.5, 0.6) is 5.75 Å². The minimum Gasteiger partial charge on any atom is -0.508 e.